The highest BCUT2D eigenvalue weighted by molar-refractivity contribution is 6.61. The van der Waals surface area contributed by atoms with Crippen molar-refractivity contribution < 1.29 is 19.7 Å². The van der Waals surface area contributed by atoms with Crippen LogP contribution in [-0.2, 0) is 0 Å². The van der Waals surface area contributed by atoms with Crippen molar-refractivity contribution in [2.45, 2.75) is 0 Å². The van der Waals surface area contributed by atoms with E-state index >= 15 is 0 Å². The van der Waals surface area contributed by atoms with Crippen molar-refractivity contribution in [2.75, 3.05) is 0 Å². The maximum Gasteiger partial charge on any atom is 0.164 e. The number of hydrogen-bond acceptors (Lipinski definition) is 4. The molecule has 3 N–H and O–H groups in total. The van der Waals surface area contributed by atoms with Crippen molar-refractivity contribution in [3.8, 4) is 50.6 Å². The van der Waals surface area contributed by atoms with E-state index in [9.17, 15) is 15.3 Å². The van der Waals surface area contributed by atoms with E-state index in [-0.39, 0.29) is 49.6 Å². The molecule has 0 aliphatic rings. The lowest BCUT2D eigenvalue weighted by atomic mass is 9.65. The van der Waals surface area contributed by atoms with Gasteiger partial charge in [-0.3, -0.25) is 0 Å². The van der Waals surface area contributed by atoms with E-state index < -0.39 is 11.5 Å². The molecule has 1 heterocycles. The molecular weight excluding hydrogens is 596 g/mol. The molecule has 214 valence electrons. The highest BCUT2D eigenvalue weighted by atomic mass is 16.3. The van der Waals surface area contributed by atoms with Crippen LogP contribution in [0, 0.1) is 0 Å². The second-order valence-electron chi connectivity index (χ2n) is 12.1. The lowest BCUT2D eigenvalue weighted by molar-refractivity contribution is 0.409. The van der Waals surface area contributed by atoms with Crippen molar-refractivity contribution in [3.05, 3.63) is 84.9 Å². The molecule has 49 heavy (non-hydrogen) atoms. The Morgan fingerprint density at radius 3 is 1.24 bits per heavy atom. The molecule has 8 aromatic rings. The third kappa shape index (κ3) is 4.41. The van der Waals surface area contributed by atoms with Crippen LogP contribution >= 0.6 is 0 Å². The molecule has 11 heteroatoms. The van der Waals surface area contributed by atoms with Crippen LogP contribution < -0.4 is 38.2 Å². The lowest BCUT2D eigenvalue weighted by Gasteiger charge is -2.22. The minimum atomic E-state index is -0.531. The van der Waals surface area contributed by atoms with Crippen LogP contribution in [0.15, 0.2) is 89.3 Å². The second kappa shape index (κ2) is 11.1. The molecule has 14 radical (unpaired) electrons. The largest absolute Gasteiger partial charge is 0.509 e. The summed E-state index contributed by atoms with van der Waals surface area (Å²) in [6.07, 6.45) is 0. The van der Waals surface area contributed by atoms with Crippen LogP contribution in [0.2, 0.25) is 0 Å². The summed E-state index contributed by atoms with van der Waals surface area (Å²) in [6, 6.07) is 27.0. The van der Waals surface area contributed by atoms with E-state index in [1.165, 1.54) is 0 Å². The third-order valence-electron chi connectivity index (χ3n) is 9.42. The Labute approximate surface area is 291 Å². The van der Waals surface area contributed by atoms with Gasteiger partial charge >= 0.3 is 0 Å². The third-order valence-corrected chi connectivity index (χ3v) is 9.42. The molecule has 0 atom stereocenters. The van der Waals surface area contributed by atoms with E-state index in [1.807, 2.05) is 78.9 Å². The number of phenolic OH excluding ortho intramolecular Hbond substituents is 3. The van der Waals surface area contributed by atoms with Gasteiger partial charge in [0.05, 0.1) is 5.75 Å². The van der Waals surface area contributed by atoms with Gasteiger partial charge in [0.1, 0.15) is 71.8 Å². The molecule has 0 amide bonds. The van der Waals surface area contributed by atoms with E-state index in [2.05, 4.69) is 6.07 Å². The minimum Gasteiger partial charge on any atom is -0.509 e. The van der Waals surface area contributed by atoms with Crippen molar-refractivity contribution in [3.63, 3.8) is 0 Å². The molecule has 0 spiro atoms. The number of fused-ring (bicyclic) bond motifs is 5. The van der Waals surface area contributed by atoms with Gasteiger partial charge in [-0.05, 0) is 68.1 Å². The molecule has 0 aliphatic heterocycles. The average Bonchev–Trinajstić information content (AvgIpc) is 3.48. The Bertz CT molecular complexity index is 2620. The highest BCUT2D eigenvalue weighted by Gasteiger charge is 2.24. The number of phenols is 3. The second-order valence-corrected chi connectivity index (χ2v) is 12.1. The standard InChI is InChI=1S/C38H17B7O4/c39-29-26(30(40)34(44)37(47)33(29)43)16-10-12-24-22(14-16)21-13-15(9-11-23(21)49-24)25-17-5-1-3-7-19(17)27(20-8-4-2-6-18(20)25)28-31(41)32(42)35(45)38(48)36(28)46/h1-14,46-48H. The fourth-order valence-electron chi connectivity index (χ4n) is 6.96. The van der Waals surface area contributed by atoms with Crippen molar-refractivity contribution in [2.24, 2.45) is 0 Å². The highest BCUT2D eigenvalue weighted by Crippen LogP contribution is 2.47. The van der Waals surface area contributed by atoms with Crippen LogP contribution in [0.4, 0.5) is 0 Å². The summed E-state index contributed by atoms with van der Waals surface area (Å²) in [5.74, 6) is -1.33. The number of benzene rings is 7. The Hall–Kier alpha value is -5.29. The van der Waals surface area contributed by atoms with Crippen LogP contribution in [0.3, 0.4) is 0 Å². The first-order valence-electron chi connectivity index (χ1n) is 15.2. The van der Waals surface area contributed by atoms with Crippen molar-refractivity contribution >= 4 is 137 Å². The van der Waals surface area contributed by atoms with Crippen LogP contribution in [-0.4, -0.2) is 70.2 Å². The molecule has 0 unspecified atom stereocenters. The number of furan rings is 1. The summed E-state index contributed by atoms with van der Waals surface area (Å²) in [4.78, 5) is 0. The van der Waals surface area contributed by atoms with Gasteiger partial charge in [-0.2, -0.15) is 0 Å². The smallest absolute Gasteiger partial charge is 0.164 e. The van der Waals surface area contributed by atoms with Crippen LogP contribution in [0.25, 0.3) is 76.9 Å². The van der Waals surface area contributed by atoms with E-state index in [0.29, 0.717) is 27.9 Å². The summed E-state index contributed by atoms with van der Waals surface area (Å²) in [7, 11) is 43.4. The summed E-state index contributed by atoms with van der Waals surface area (Å²) in [6.45, 7) is 0. The molecule has 4 nitrogen and oxygen atoms in total. The molecule has 7 aromatic carbocycles. The fourth-order valence-corrected chi connectivity index (χ4v) is 6.96. The monoisotopic (exact) mass is 614 g/mol. The Morgan fingerprint density at radius 2 is 0.755 bits per heavy atom. The van der Waals surface area contributed by atoms with Gasteiger partial charge in [0.15, 0.2) is 5.75 Å². The fraction of sp³-hybridized carbons (Fsp3) is 0. The summed E-state index contributed by atoms with van der Waals surface area (Å²) in [5.41, 5.74) is 5.03. The first-order chi connectivity index (χ1) is 23.5. The summed E-state index contributed by atoms with van der Waals surface area (Å²) in [5, 5.41) is 37.1. The predicted octanol–water partition coefficient (Wildman–Crippen LogP) is 1.57. The van der Waals surface area contributed by atoms with E-state index in [0.717, 1.165) is 43.4 Å². The van der Waals surface area contributed by atoms with Gasteiger partial charge in [0.2, 0.25) is 0 Å². The zero-order valence-electron chi connectivity index (χ0n) is 25.9. The summed E-state index contributed by atoms with van der Waals surface area (Å²) >= 11 is 0. The molecule has 0 saturated carbocycles. The molecule has 1 aromatic heterocycles. The van der Waals surface area contributed by atoms with E-state index in [4.69, 9.17) is 59.3 Å². The zero-order chi connectivity index (χ0) is 34.5. The Morgan fingerprint density at radius 1 is 0.347 bits per heavy atom. The lowest BCUT2D eigenvalue weighted by Crippen LogP contribution is -2.42. The number of rotatable bonds is 3. The molecule has 0 aliphatic carbocycles. The van der Waals surface area contributed by atoms with Gasteiger partial charge in [-0.25, -0.2) is 0 Å². The Kier molecular flexibility index (Phi) is 7.04. The molecule has 0 bridgehead atoms. The zero-order valence-corrected chi connectivity index (χ0v) is 25.9. The maximum absolute atomic E-state index is 11.2. The van der Waals surface area contributed by atoms with Crippen LogP contribution in [0.1, 0.15) is 0 Å². The molecule has 0 saturated heterocycles. The minimum absolute atomic E-state index is 0.0135. The Balaban J connectivity index is 1.42. The molecule has 0 fully saturated rings. The first kappa shape index (κ1) is 31.0. The van der Waals surface area contributed by atoms with Gasteiger partial charge in [0.25, 0.3) is 0 Å². The van der Waals surface area contributed by atoms with Gasteiger partial charge < -0.3 is 19.7 Å². The van der Waals surface area contributed by atoms with Crippen LogP contribution in [0.5, 0.6) is 17.2 Å². The normalized spacial score (nSPS) is 11.7. The summed E-state index contributed by atoms with van der Waals surface area (Å²) < 4.78 is 6.23. The SMILES string of the molecule is [B]c1c([B])c(O)c(O)c(-c2c3ccccc3c(-c3ccc4oc5ccc(-c6c([B])c([B])c(O)c([B])c6[B])cc5c4c3)c3ccccc23)c1[B]. The topological polar surface area (TPSA) is 73.8 Å². The molecule has 8 rings (SSSR count). The first-order valence-corrected chi connectivity index (χ1v) is 15.2. The van der Waals surface area contributed by atoms with Crippen molar-refractivity contribution in [1.82, 2.24) is 0 Å². The van der Waals surface area contributed by atoms with Gasteiger partial charge in [-0.15, -0.1) is 5.46 Å². The van der Waals surface area contributed by atoms with E-state index in [1.54, 1.807) is 0 Å². The van der Waals surface area contributed by atoms with Gasteiger partial charge in [0, 0.05) is 21.9 Å². The molecular formula is C38H17B7O4. The maximum atomic E-state index is 11.2. The number of aromatic hydroxyl groups is 3. The number of hydrogen-bond donors (Lipinski definition) is 3. The quantitative estimate of drug-likeness (QED) is 0.161. The predicted molar refractivity (Wildman–Crippen MR) is 208 cm³/mol. The van der Waals surface area contributed by atoms with Crippen molar-refractivity contribution in [1.29, 1.82) is 0 Å². The van der Waals surface area contributed by atoms with Gasteiger partial charge in [-0.1, -0.05) is 93.4 Å². The average molecular weight is 613 g/mol.